The lowest BCUT2D eigenvalue weighted by atomic mass is 9.94. The number of para-hydroxylation sites is 1. The molecule has 0 spiro atoms. The third kappa shape index (κ3) is 2.92. The fourth-order valence-corrected chi connectivity index (χ4v) is 3.44. The molecule has 0 unspecified atom stereocenters. The van der Waals surface area contributed by atoms with Gasteiger partial charge in [-0.15, -0.1) is 11.3 Å². The van der Waals surface area contributed by atoms with Gasteiger partial charge in [-0.3, -0.25) is 5.32 Å². The minimum absolute atomic E-state index is 0.0124. The number of carbonyl (C=O) groups excluding carboxylic acids is 1. The second-order valence-electron chi connectivity index (χ2n) is 5.32. The minimum atomic E-state index is -0.198. The molecule has 0 radical (unpaired) electrons. The first-order valence-corrected chi connectivity index (χ1v) is 8.28. The van der Waals surface area contributed by atoms with Gasteiger partial charge < -0.3 is 10.1 Å². The zero-order valence-corrected chi connectivity index (χ0v) is 13.4. The van der Waals surface area contributed by atoms with Crippen LogP contribution in [0.25, 0.3) is 0 Å². The highest BCUT2D eigenvalue weighted by Gasteiger charge is 2.29. The highest BCUT2D eigenvalue weighted by molar-refractivity contribution is 7.14. The number of nitrogens with one attached hydrogen (secondary N) is 2. The minimum Gasteiger partial charge on any atom is -0.493 e. The van der Waals surface area contributed by atoms with Gasteiger partial charge in [0.2, 0.25) is 0 Å². The molecule has 1 aliphatic rings. The summed E-state index contributed by atoms with van der Waals surface area (Å²) in [6.07, 6.45) is 0.804. The number of carbonyl (C=O) groups is 1. The molecular formula is C16H19N3O2S. The number of hydrogen-bond donors (Lipinski definition) is 2. The summed E-state index contributed by atoms with van der Waals surface area (Å²) >= 11 is 1.44. The zero-order valence-electron chi connectivity index (χ0n) is 12.6. The standard InChI is InChI=1S/C16H19N3O2S/c1-3-13-15(22-9-17-13)19-16(20)18-10(2)12-8-21-14-7-5-4-6-11(12)14/h4-7,9-10,12H,3,8H2,1-2H3,(H2,18,19,20)/t10-,12+/m1/s1. The van der Waals surface area contributed by atoms with Crippen molar-refractivity contribution in [3.05, 3.63) is 41.0 Å². The van der Waals surface area contributed by atoms with E-state index in [1.165, 1.54) is 11.3 Å². The summed E-state index contributed by atoms with van der Waals surface area (Å²) in [5, 5.41) is 6.70. The number of aromatic nitrogens is 1. The van der Waals surface area contributed by atoms with Crippen LogP contribution < -0.4 is 15.4 Å². The number of hydrogen-bond acceptors (Lipinski definition) is 4. The van der Waals surface area contributed by atoms with Gasteiger partial charge in [0, 0.05) is 17.5 Å². The van der Waals surface area contributed by atoms with Crippen LogP contribution in [0.1, 0.15) is 31.0 Å². The molecule has 5 nitrogen and oxygen atoms in total. The van der Waals surface area contributed by atoms with Gasteiger partial charge in [0.15, 0.2) is 0 Å². The van der Waals surface area contributed by atoms with E-state index in [0.29, 0.717) is 6.61 Å². The van der Waals surface area contributed by atoms with E-state index in [1.54, 1.807) is 5.51 Å². The Hall–Kier alpha value is -2.08. The second-order valence-corrected chi connectivity index (χ2v) is 6.18. The normalized spacial score (nSPS) is 17.5. The Bertz CT molecular complexity index is 671. The smallest absolute Gasteiger partial charge is 0.320 e. The molecule has 22 heavy (non-hydrogen) atoms. The fourth-order valence-electron chi connectivity index (χ4n) is 2.67. The summed E-state index contributed by atoms with van der Waals surface area (Å²) in [6.45, 7) is 4.62. The molecule has 6 heteroatoms. The molecule has 0 saturated carbocycles. The molecule has 3 rings (SSSR count). The molecule has 0 saturated heterocycles. The lowest BCUT2D eigenvalue weighted by Crippen LogP contribution is -2.40. The topological polar surface area (TPSA) is 63.2 Å². The fraction of sp³-hybridized carbons (Fsp3) is 0.375. The Morgan fingerprint density at radius 2 is 2.32 bits per heavy atom. The summed E-state index contributed by atoms with van der Waals surface area (Å²) in [6, 6.07) is 7.77. The van der Waals surface area contributed by atoms with Gasteiger partial charge in [0.25, 0.3) is 0 Å². The van der Waals surface area contributed by atoms with Gasteiger partial charge in [0.1, 0.15) is 10.8 Å². The molecular weight excluding hydrogens is 298 g/mol. The molecule has 116 valence electrons. The van der Waals surface area contributed by atoms with Crippen molar-refractivity contribution < 1.29 is 9.53 Å². The molecule has 1 aromatic carbocycles. The second kappa shape index (κ2) is 6.36. The number of thiazole rings is 1. The molecule has 1 aliphatic heterocycles. The van der Waals surface area contributed by atoms with E-state index in [0.717, 1.165) is 28.4 Å². The van der Waals surface area contributed by atoms with Crippen LogP contribution in [0, 0.1) is 0 Å². The predicted octanol–water partition coefficient (Wildman–Crippen LogP) is 3.39. The van der Waals surface area contributed by atoms with Crippen LogP contribution >= 0.6 is 11.3 Å². The Kier molecular flexibility index (Phi) is 4.29. The Morgan fingerprint density at radius 3 is 3.14 bits per heavy atom. The van der Waals surface area contributed by atoms with Gasteiger partial charge in [-0.1, -0.05) is 25.1 Å². The number of benzene rings is 1. The van der Waals surface area contributed by atoms with Crippen LogP contribution in [0.15, 0.2) is 29.8 Å². The highest BCUT2D eigenvalue weighted by atomic mass is 32.1. The molecule has 2 heterocycles. The maximum atomic E-state index is 12.2. The summed E-state index contributed by atoms with van der Waals surface area (Å²) in [7, 11) is 0. The van der Waals surface area contributed by atoms with E-state index in [-0.39, 0.29) is 18.0 Å². The number of anilines is 1. The Morgan fingerprint density at radius 1 is 1.50 bits per heavy atom. The first kappa shape index (κ1) is 14.8. The van der Waals surface area contributed by atoms with E-state index in [1.807, 2.05) is 32.0 Å². The maximum absolute atomic E-state index is 12.2. The van der Waals surface area contributed by atoms with Crippen LogP contribution in [0.4, 0.5) is 9.80 Å². The average molecular weight is 317 g/mol. The predicted molar refractivity (Wildman–Crippen MR) is 87.8 cm³/mol. The number of amides is 2. The molecule has 0 fully saturated rings. The number of nitrogens with zero attached hydrogens (tertiary/aromatic N) is 1. The lowest BCUT2D eigenvalue weighted by Gasteiger charge is -2.20. The van der Waals surface area contributed by atoms with Gasteiger partial charge >= 0.3 is 6.03 Å². The average Bonchev–Trinajstić information content (AvgIpc) is 3.13. The number of fused-ring (bicyclic) bond motifs is 1. The van der Waals surface area contributed by atoms with Crippen LogP contribution in [0.5, 0.6) is 5.75 Å². The van der Waals surface area contributed by atoms with Gasteiger partial charge in [-0.05, 0) is 19.4 Å². The van der Waals surface area contributed by atoms with Gasteiger partial charge in [0.05, 0.1) is 17.8 Å². The van der Waals surface area contributed by atoms with E-state index < -0.39 is 0 Å². The maximum Gasteiger partial charge on any atom is 0.320 e. The molecule has 2 aromatic rings. The van der Waals surface area contributed by atoms with Crippen molar-refractivity contribution in [2.45, 2.75) is 32.2 Å². The van der Waals surface area contributed by atoms with Crippen molar-refractivity contribution in [2.24, 2.45) is 0 Å². The van der Waals surface area contributed by atoms with E-state index in [9.17, 15) is 4.79 Å². The number of rotatable bonds is 4. The Balaban J connectivity index is 1.63. The molecule has 2 atom stereocenters. The van der Waals surface area contributed by atoms with E-state index in [4.69, 9.17) is 4.74 Å². The summed E-state index contributed by atoms with van der Waals surface area (Å²) in [5.41, 5.74) is 3.82. The number of aryl methyl sites for hydroxylation is 1. The molecule has 2 amide bonds. The van der Waals surface area contributed by atoms with E-state index >= 15 is 0 Å². The lowest BCUT2D eigenvalue weighted by molar-refractivity contribution is 0.244. The molecule has 1 aromatic heterocycles. The largest absolute Gasteiger partial charge is 0.493 e. The van der Waals surface area contributed by atoms with Crippen molar-refractivity contribution in [1.82, 2.24) is 10.3 Å². The molecule has 2 N–H and O–H groups in total. The van der Waals surface area contributed by atoms with E-state index in [2.05, 4.69) is 21.7 Å². The van der Waals surface area contributed by atoms with Crippen LogP contribution in [-0.4, -0.2) is 23.7 Å². The van der Waals surface area contributed by atoms with Crippen LogP contribution in [0.3, 0.4) is 0 Å². The summed E-state index contributed by atoms with van der Waals surface area (Å²) in [4.78, 5) is 16.4. The van der Waals surface area contributed by atoms with Gasteiger partial charge in [-0.2, -0.15) is 0 Å². The van der Waals surface area contributed by atoms with Crippen LogP contribution in [-0.2, 0) is 6.42 Å². The quantitative estimate of drug-likeness (QED) is 0.908. The highest BCUT2D eigenvalue weighted by Crippen LogP contribution is 2.35. The first-order chi connectivity index (χ1) is 10.7. The molecule has 0 aliphatic carbocycles. The third-order valence-electron chi connectivity index (χ3n) is 3.90. The SMILES string of the molecule is CCc1ncsc1NC(=O)N[C@H](C)[C@@H]1COc2ccccc21. The van der Waals surface area contributed by atoms with Crippen LogP contribution in [0.2, 0.25) is 0 Å². The monoisotopic (exact) mass is 317 g/mol. The summed E-state index contributed by atoms with van der Waals surface area (Å²) < 4.78 is 5.68. The van der Waals surface area contributed by atoms with Crippen molar-refractivity contribution in [3.8, 4) is 5.75 Å². The van der Waals surface area contributed by atoms with Crippen molar-refractivity contribution in [1.29, 1.82) is 0 Å². The third-order valence-corrected chi connectivity index (χ3v) is 4.69. The van der Waals surface area contributed by atoms with Crippen molar-refractivity contribution in [3.63, 3.8) is 0 Å². The van der Waals surface area contributed by atoms with Gasteiger partial charge in [-0.25, -0.2) is 9.78 Å². The molecule has 0 bridgehead atoms. The number of urea groups is 1. The first-order valence-electron chi connectivity index (χ1n) is 7.40. The Labute approximate surface area is 133 Å². The van der Waals surface area contributed by atoms with Crippen molar-refractivity contribution in [2.75, 3.05) is 11.9 Å². The number of ether oxygens (including phenoxy) is 1. The summed E-state index contributed by atoms with van der Waals surface area (Å²) in [5.74, 6) is 1.09. The zero-order chi connectivity index (χ0) is 15.5. The van der Waals surface area contributed by atoms with Crippen molar-refractivity contribution >= 4 is 22.4 Å².